The molecule has 10 nitrogen and oxygen atoms in total. The highest BCUT2D eigenvalue weighted by Gasteiger charge is 2.27. The molecule has 0 fully saturated rings. The van der Waals surface area contributed by atoms with E-state index in [0.29, 0.717) is 5.69 Å². The molecule has 1 N–H and O–H groups in total. The SMILES string of the molecule is COc1ccc([N+](=O)[O-])cc1NC(=O)CN(c1ccccc1)S(=O)(=O)N(C)C. The van der Waals surface area contributed by atoms with Crippen LogP contribution < -0.4 is 14.4 Å². The summed E-state index contributed by atoms with van der Waals surface area (Å²) in [7, 11) is 0.108. The third-order valence-electron chi connectivity index (χ3n) is 3.74. The first-order valence-electron chi connectivity index (χ1n) is 8.04. The van der Waals surface area contributed by atoms with Gasteiger partial charge in [0.05, 0.1) is 23.4 Å². The molecule has 2 rings (SSSR count). The maximum Gasteiger partial charge on any atom is 0.304 e. The van der Waals surface area contributed by atoms with Gasteiger partial charge in [0.25, 0.3) is 5.69 Å². The summed E-state index contributed by atoms with van der Waals surface area (Å²) in [6.45, 7) is -0.531. The van der Waals surface area contributed by atoms with Gasteiger partial charge in [-0.3, -0.25) is 14.9 Å². The van der Waals surface area contributed by atoms with Gasteiger partial charge in [0, 0.05) is 26.2 Å². The lowest BCUT2D eigenvalue weighted by Gasteiger charge is -2.27. The summed E-state index contributed by atoms with van der Waals surface area (Å²) in [4.78, 5) is 22.9. The number of hydrogen-bond donors (Lipinski definition) is 1. The topological polar surface area (TPSA) is 122 Å². The Hall–Kier alpha value is -3.18. The Morgan fingerprint density at radius 3 is 2.36 bits per heavy atom. The zero-order chi connectivity index (χ0) is 20.9. The molecule has 2 aromatic carbocycles. The molecule has 28 heavy (non-hydrogen) atoms. The van der Waals surface area contributed by atoms with Gasteiger partial charge >= 0.3 is 10.2 Å². The van der Waals surface area contributed by atoms with Gasteiger partial charge in [0.1, 0.15) is 12.3 Å². The number of nitro benzene ring substituents is 1. The maximum atomic E-state index is 12.6. The first-order chi connectivity index (χ1) is 13.2. The number of ether oxygens (including phenoxy) is 1. The van der Waals surface area contributed by atoms with Crippen molar-refractivity contribution in [3.63, 3.8) is 0 Å². The Kier molecular flexibility index (Phi) is 6.54. The molecule has 0 bridgehead atoms. The first-order valence-corrected chi connectivity index (χ1v) is 9.44. The van der Waals surface area contributed by atoms with Crippen molar-refractivity contribution in [2.45, 2.75) is 0 Å². The zero-order valence-electron chi connectivity index (χ0n) is 15.5. The van der Waals surface area contributed by atoms with Crippen LogP contribution in [0.1, 0.15) is 0 Å². The van der Waals surface area contributed by atoms with Crippen molar-refractivity contribution in [3.8, 4) is 5.75 Å². The van der Waals surface area contributed by atoms with Crippen molar-refractivity contribution in [1.29, 1.82) is 0 Å². The van der Waals surface area contributed by atoms with Gasteiger partial charge in [0.2, 0.25) is 5.91 Å². The molecule has 0 unspecified atom stereocenters. The van der Waals surface area contributed by atoms with Gasteiger partial charge < -0.3 is 10.1 Å². The van der Waals surface area contributed by atoms with Gasteiger partial charge in [-0.1, -0.05) is 18.2 Å². The molecule has 0 radical (unpaired) electrons. The van der Waals surface area contributed by atoms with E-state index in [4.69, 9.17) is 4.74 Å². The van der Waals surface area contributed by atoms with Crippen molar-refractivity contribution in [2.75, 3.05) is 37.4 Å². The second kappa shape index (κ2) is 8.67. The monoisotopic (exact) mass is 408 g/mol. The fourth-order valence-corrected chi connectivity index (χ4v) is 3.39. The minimum Gasteiger partial charge on any atom is -0.495 e. The smallest absolute Gasteiger partial charge is 0.304 e. The zero-order valence-corrected chi connectivity index (χ0v) is 16.3. The van der Waals surface area contributed by atoms with Crippen molar-refractivity contribution < 1.29 is 22.9 Å². The standard InChI is InChI=1S/C17H20N4O6S/c1-19(2)28(25,26)20(13-7-5-4-6-8-13)12-17(22)18-15-11-14(21(23)24)9-10-16(15)27-3/h4-11H,12H2,1-3H3,(H,18,22). The third kappa shape index (κ3) is 4.75. The van der Waals surface area contributed by atoms with Crippen LogP contribution in [0.2, 0.25) is 0 Å². The van der Waals surface area contributed by atoms with Crippen molar-refractivity contribution in [1.82, 2.24) is 4.31 Å². The van der Waals surface area contributed by atoms with Crippen LogP contribution in [0.3, 0.4) is 0 Å². The van der Waals surface area contributed by atoms with E-state index < -0.39 is 27.6 Å². The number of nitrogens with one attached hydrogen (secondary N) is 1. The number of nitro groups is 1. The molecule has 0 aromatic heterocycles. The average Bonchev–Trinajstić information content (AvgIpc) is 2.66. The fraction of sp³-hybridized carbons (Fsp3) is 0.235. The van der Waals surface area contributed by atoms with Gasteiger partial charge in [0.15, 0.2) is 0 Å². The largest absolute Gasteiger partial charge is 0.495 e. The van der Waals surface area contributed by atoms with Gasteiger partial charge in [-0.05, 0) is 18.2 Å². The second-order valence-electron chi connectivity index (χ2n) is 5.82. The minimum absolute atomic E-state index is 0.0666. The van der Waals surface area contributed by atoms with Crippen LogP contribution in [0, 0.1) is 10.1 Å². The van der Waals surface area contributed by atoms with Gasteiger partial charge in [-0.2, -0.15) is 12.7 Å². The van der Waals surface area contributed by atoms with Crippen LogP contribution in [0.4, 0.5) is 17.1 Å². The number of nitrogens with zero attached hydrogens (tertiary/aromatic N) is 3. The molecule has 11 heteroatoms. The summed E-state index contributed by atoms with van der Waals surface area (Å²) in [5.41, 5.74) is 0.131. The average molecular weight is 408 g/mol. The highest BCUT2D eigenvalue weighted by Crippen LogP contribution is 2.29. The Labute approximate surface area is 162 Å². The van der Waals surface area contributed by atoms with E-state index in [1.54, 1.807) is 30.3 Å². The maximum absolute atomic E-state index is 12.6. The van der Waals surface area contributed by atoms with Gasteiger partial charge in [-0.25, -0.2) is 4.31 Å². The van der Waals surface area contributed by atoms with E-state index in [9.17, 15) is 23.3 Å². The fourth-order valence-electron chi connectivity index (χ4n) is 2.32. The number of para-hydroxylation sites is 1. The predicted octanol–water partition coefficient (Wildman–Crippen LogP) is 1.85. The first kappa shape index (κ1) is 21.1. The number of rotatable bonds is 8. The molecule has 0 saturated heterocycles. The Bertz CT molecular complexity index is 963. The molecule has 0 aliphatic rings. The molecular weight excluding hydrogens is 388 g/mol. The summed E-state index contributed by atoms with van der Waals surface area (Å²) < 4.78 is 32.3. The van der Waals surface area contributed by atoms with Crippen molar-refractivity contribution in [2.24, 2.45) is 0 Å². The molecule has 0 spiro atoms. The van der Waals surface area contributed by atoms with Gasteiger partial charge in [-0.15, -0.1) is 0 Å². The number of non-ortho nitro benzene ring substituents is 1. The van der Waals surface area contributed by atoms with E-state index in [1.165, 1.54) is 33.3 Å². The number of carbonyl (C=O) groups excluding carboxylic acids is 1. The van der Waals surface area contributed by atoms with Crippen molar-refractivity contribution in [3.05, 3.63) is 58.6 Å². The lowest BCUT2D eigenvalue weighted by atomic mass is 10.2. The van der Waals surface area contributed by atoms with E-state index in [-0.39, 0.29) is 17.1 Å². The highest BCUT2D eigenvalue weighted by atomic mass is 32.2. The van der Waals surface area contributed by atoms with E-state index in [0.717, 1.165) is 14.7 Å². The summed E-state index contributed by atoms with van der Waals surface area (Å²) in [5.74, 6) is -0.478. The Morgan fingerprint density at radius 1 is 1.18 bits per heavy atom. The van der Waals surface area contributed by atoms with Crippen LogP contribution in [-0.2, 0) is 15.0 Å². The second-order valence-corrected chi connectivity index (χ2v) is 7.89. The summed E-state index contributed by atoms with van der Waals surface area (Å²) in [6, 6.07) is 11.9. The quantitative estimate of drug-likeness (QED) is 0.525. The number of carbonyl (C=O) groups is 1. The molecule has 0 saturated carbocycles. The lowest BCUT2D eigenvalue weighted by Crippen LogP contribution is -2.44. The number of anilines is 2. The van der Waals surface area contributed by atoms with E-state index in [1.807, 2.05) is 0 Å². The number of hydrogen-bond acceptors (Lipinski definition) is 6. The molecule has 0 aliphatic heterocycles. The van der Waals surface area contributed by atoms with Crippen LogP contribution in [0.25, 0.3) is 0 Å². The van der Waals surface area contributed by atoms with E-state index in [2.05, 4.69) is 5.32 Å². The predicted molar refractivity (Wildman–Crippen MR) is 105 cm³/mol. The van der Waals surface area contributed by atoms with Crippen LogP contribution in [-0.4, -0.2) is 51.3 Å². The molecule has 2 aromatic rings. The molecule has 0 atom stereocenters. The molecule has 1 amide bonds. The Balaban J connectivity index is 2.33. The molecular formula is C17H20N4O6S. The van der Waals surface area contributed by atoms with Crippen molar-refractivity contribution >= 4 is 33.2 Å². The Morgan fingerprint density at radius 2 is 1.82 bits per heavy atom. The summed E-state index contributed by atoms with van der Waals surface area (Å²) in [5, 5.41) is 13.4. The highest BCUT2D eigenvalue weighted by molar-refractivity contribution is 7.90. The van der Waals surface area contributed by atoms with E-state index >= 15 is 0 Å². The minimum atomic E-state index is -3.95. The molecule has 0 aliphatic carbocycles. The normalized spacial score (nSPS) is 11.1. The summed E-state index contributed by atoms with van der Waals surface area (Å²) in [6.07, 6.45) is 0. The molecule has 0 heterocycles. The number of benzene rings is 2. The number of methoxy groups -OCH3 is 1. The number of amides is 1. The lowest BCUT2D eigenvalue weighted by molar-refractivity contribution is -0.384. The molecule has 150 valence electrons. The summed E-state index contributed by atoms with van der Waals surface area (Å²) >= 11 is 0. The third-order valence-corrected chi connectivity index (χ3v) is 5.56. The van der Waals surface area contributed by atoms with Crippen LogP contribution >= 0.6 is 0 Å². The van der Waals surface area contributed by atoms with Crippen LogP contribution in [0.15, 0.2) is 48.5 Å². The van der Waals surface area contributed by atoms with Crippen LogP contribution in [0.5, 0.6) is 5.75 Å².